The Kier molecular flexibility index (Phi) is 7.46. The van der Waals surface area contributed by atoms with Gasteiger partial charge in [0.15, 0.2) is 0 Å². The number of rotatable bonds is 8. The minimum absolute atomic E-state index is 0.186. The number of para-hydroxylation sites is 1. The monoisotopic (exact) mass is 381 g/mol. The highest BCUT2D eigenvalue weighted by atomic mass is 32.2. The maximum Gasteiger partial charge on any atom is 0.240 e. The van der Waals surface area contributed by atoms with Crippen molar-refractivity contribution in [1.82, 2.24) is 10.2 Å². The Balaban J connectivity index is 1.91. The van der Waals surface area contributed by atoms with E-state index >= 15 is 0 Å². The Hall–Kier alpha value is -1.60. The van der Waals surface area contributed by atoms with Crippen molar-refractivity contribution in [2.45, 2.75) is 39.5 Å². The molecule has 1 heterocycles. The molecule has 1 amide bonds. The molecule has 0 saturated carbocycles. The van der Waals surface area contributed by atoms with E-state index in [4.69, 9.17) is 0 Å². The van der Waals surface area contributed by atoms with Crippen molar-refractivity contribution in [1.29, 1.82) is 0 Å². The maximum atomic E-state index is 12.3. The van der Waals surface area contributed by atoms with Crippen molar-refractivity contribution in [3.63, 3.8) is 0 Å². The van der Waals surface area contributed by atoms with Gasteiger partial charge in [0.05, 0.1) is 11.9 Å². The molecule has 0 aromatic heterocycles. The fourth-order valence-electron chi connectivity index (χ4n) is 3.46. The van der Waals surface area contributed by atoms with Gasteiger partial charge in [-0.3, -0.25) is 9.10 Å². The van der Waals surface area contributed by atoms with E-state index in [1.807, 2.05) is 32.0 Å². The molecule has 2 rings (SSSR count). The summed E-state index contributed by atoms with van der Waals surface area (Å²) in [6, 6.07) is 5.60. The number of likely N-dealkylation sites (tertiary alicyclic amines) is 1. The number of hydrogen-bond acceptors (Lipinski definition) is 4. The highest BCUT2D eigenvalue weighted by Crippen LogP contribution is 2.26. The molecule has 0 aliphatic carbocycles. The van der Waals surface area contributed by atoms with Gasteiger partial charge in [0.1, 0.15) is 6.54 Å². The number of carbonyl (C=O) groups excluding carboxylic acids is 1. The molecule has 1 aliphatic rings. The summed E-state index contributed by atoms with van der Waals surface area (Å²) < 4.78 is 25.7. The fraction of sp³-hybridized carbons (Fsp3) is 0.632. The number of aryl methyl sites for hydroxylation is 2. The van der Waals surface area contributed by atoms with Crippen LogP contribution in [0.4, 0.5) is 5.69 Å². The van der Waals surface area contributed by atoms with Crippen LogP contribution in [0.3, 0.4) is 0 Å². The Morgan fingerprint density at radius 1 is 1.15 bits per heavy atom. The number of sulfonamides is 1. The third-order valence-electron chi connectivity index (χ3n) is 4.80. The maximum absolute atomic E-state index is 12.3. The second-order valence-corrected chi connectivity index (χ2v) is 9.02. The van der Waals surface area contributed by atoms with Gasteiger partial charge in [0.25, 0.3) is 0 Å². The summed E-state index contributed by atoms with van der Waals surface area (Å²) in [6.07, 6.45) is 5.85. The smallest absolute Gasteiger partial charge is 0.240 e. The van der Waals surface area contributed by atoms with Gasteiger partial charge in [-0.2, -0.15) is 0 Å². The number of benzene rings is 1. The standard InChI is InChI=1S/C19H31N3O3S/c1-16-9-7-10-17(2)19(16)22(26(3,24)25)15-18(23)20-11-8-14-21-12-5-4-6-13-21/h7,9-10H,4-6,8,11-15H2,1-3H3,(H,20,23). The lowest BCUT2D eigenvalue weighted by Gasteiger charge is -2.27. The number of nitrogens with one attached hydrogen (secondary N) is 1. The molecule has 7 heteroatoms. The molecule has 6 nitrogen and oxygen atoms in total. The Morgan fingerprint density at radius 3 is 2.35 bits per heavy atom. The highest BCUT2D eigenvalue weighted by Gasteiger charge is 2.23. The molecule has 1 aromatic carbocycles. The Morgan fingerprint density at radius 2 is 1.77 bits per heavy atom. The highest BCUT2D eigenvalue weighted by molar-refractivity contribution is 7.92. The zero-order chi connectivity index (χ0) is 19.2. The summed E-state index contributed by atoms with van der Waals surface area (Å²) in [5.74, 6) is -0.267. The third-order valence-corrected chi connectivity index (χ3v) is 5.91. The molecular weight excluding hydrogens is 350 g/mol. The summed E-state index contributed by atoms with van der Waals surface area (Å²) in [6.45, 7) is 7.36. The summed E-state index contributed by atoms with van der Waals surface area (Å²) in [4.78, 5) is 14.7. The van der Waals surface area contributed by atoms with Crippen LogP contribution in [0.15, 0.2) is 18.2 Å². The lowest BCUT2D eigenvalue weighted by atomic mass is 10.1. The molecule has 1 aliphatic heterocycles. The van der Waals surface area contributed by atoms with E-state index in [9.17, 15) is 13.2 Å². The van der Waals surface area contributed by atoms with E-state index in [-0.39, 0.29) is 12.5 Å². The fourth-order valence-corrected chi connectivity index (χ4v) is 4.43. The normalized spacial score (nSPS) is 15.7. The predicted molar refractivity (Wildman–Crippen MR) is 106 cm³/mol. The van der Waals surface area contributed by atoms with Crippen molar-refractivity contribution in [2.75, 3.05) is 43.3 Å². The molecule has 0 atom stereocenters. The number of anilines is 1. The van der Waals surface area contributed by atoms with Gasteiger partial charge < -0.3 is 10.2 Å². The summed E-state index contributed by atoms with van der Waals surface area (Å²) in [7, 11) is -3.54. The summed E-state index contributed by atoms with van der Waals surface area (Å²) in [5.41, 5.74) is 2.28. The van der Waals surface area contributed by atoms with Crippen molar-refractivity contribution in [3.8, 4) is 0 Å². The number of nitrogens with zero attached hydrogens (tertiary/aromatic N) is 2. The Bertz CT molecular complexity index is 692. The molecule has 26 heavy (non-hydrogen) atoms. The number of carbonyl (C=O) groups is 1. The molecule has 146 valence electrons. The zero-order valence-electron chi connectivity index (χ0n) is 16.1. The van der Waals surface area contributed by atoms with Crippen LogP contribution < -0.4 is 9.62 Å². The number of piperidine rings is 1. The van der Waals surface area contributed by atoms with Crippen LogP contribution in [0, 0.1) is 13.8 Å². The van der Waals surface area contributed by atoms with Crippen LogP contribution >= 0.6 is 0 Å². The van der Waals surface area contributed by atoms with Crippen LogP contribution in [-0.4, -0.2) is 58.2 Å². The van der Waals surface area contributed by atoms with Crippen molar-refractivity contribution in [2.24, 2.45) is 0 Å². The molecule has 0 bridgehead atoms. The molecule has 1 saturated heterocycles. The quantitative estimate of drug-likeness (QED) is 0.700. The second-order valence-electron chi connectivity index (χ2n) is 7.12. The van der Waals surface area contributed by atoms with Gasteiger partial charge in [0.2, 0.25) is 15.9 Å². The average Bonchev–Trinajstić information content (AvgIpc) is 2.58. The molecule has 1 aromatic rings. The molecule has 1 fully saturated rings. The number of hydrogen-bond donors (Lipinski definition) is 1. The third kappa shape index (κ3) is 5.99. The lowest BCUT2D eigenvalue weighted by molar-refractivity contribution is -0.119. The van der Waals surface area contributed by atoms with Crippen molar-refractivity contribution >= 4 is 21.6 Å². The average molecular weight is 382 g/mol. The largest absolute Gasteiger partial charge is 0.354 e. The van der Waals surface area contributed by atoms with E-state index in [0.29, 0.717) is 12.2 Å². The summed E-state index contributed by atoms with van der Waals surface area (Å²) in [5, 5.41) is 2.86. The van der Waals surface area contributed by atoms with E-state index in [1.165, 1.54) is 23.6 Å². The van der Waals surface area contributed by atoms with Gasteiger partial charge >= 0.3 is 0 Å². The van der Waals surface area contributed by atoms with Crippen LogP contribution in [0.25, 0.3) is 0 Å². The van der Waals surface area contributed by atoms with Gasteiger partial charge in [-0.1, -0.05) is 24.6 Å². The van der Waals surface area contributed by atoms with Crippen LogP contribution in [0.1, 0.15) is 36.8 Å². The van der Waals surface area contributed by atoms with E-state index in [1.54, 1.807) is 0 Å². The van der Waals surface area contributed by atoms with Gasteiger partial charge in [-0.05, 0) is 63.9 Å². The van der Waals surface area contributed by atoms with Gasteiger partial charge in [-0.15, -0.1) is 0 Å². The molecule has 0 radical (unpaired) electrons. The molecule has 1 N–H and O–H groups in total. The minimum atomic E-state index is -3.54. The van der Waals surface area contributed by atoms with Crippen LogP contribution in [-0.2, 0) is 14.8 Å². The topological polar surface area (TPSA) is 69.7 Å². The number of amides is 1. The van der Waals surface area contributed by atoms with Crippen LogP contribution in [0.2, 0.25) is 0 Å². The summed E-state index contributed by atoms with van der Waals surface area (Å²) >= 11 is 0. The van der Waals surface area contributed by atoms with E-state index in [0.717, 1.165) is 43.4 Å². The Labute approximate surface area is 157 Å². The minimum Gasteiger partial charge on any atom is -0.354 e. The molecule has 0 unspecified atom stereocenters. The van der Waals surface area contributed by atoms with E-state index in [2.05, 4.69) is 10.2 Å². The SMILES string of the molecule is Cc1cccc(C)c1N(CC(=O)NCCCN1CCCCC1)S(C)(=O)=O. The van der Waals surface area contributed by atoms with Crippen LogP contribution in [0.5, 0.6) is 0 Å². The first-order valence-electron chi connectivity index (χ1n) is 9.32. The van der Waals surface area contributed by atoms with Gasteiger partial charge in [-0.25, -0.2) is 8.42 Å². The first-order valence-corrected chi connectivity index (χ1v) is 11.2. The zero-order valence-corrected chi connectivity index (χ0v) is 16.9. The predicted octanol–water partition coefficient (Wildman–Crippen LogP) is 2.06. The van der Waals surface area contributed by atoms with E-state index < -0.39 is 10.0 Å². The molecular formula is C19H31N3O3S. The lowest BCUT2D eigenvalue weighted by Crippen LogP contribution is -2.41. The van der Waals surface area contributed by atoms with Crippen molar-refractivity contribution in [3.05, 3.63) is 29.3 Å². The van der Waals surface area contributed by atoms with Crippen molar-refractivity contribution < 1.29 is 13.2 Å². The van der Waals surface area contributed by atoms with Gasteiger partial charge in [0, 0.05) is 6.54 Å². The molecule has 0 spiro atoms. The second kappa shape index (κ2) is 9.37. The first kappa shape index (κ1) is 20.7. The first-order chi connectivity index (χ1) is 12.3.